The van der Waals surface area contributed by atoms with E-state index in [2.05, 4.69) is 5.28 Å². The Balaban J connectivity index is 0.00000121. The second kappa shape index (κ2) is 4.53. The Morgan fingerprint density at radius 3 is 2.67 bits per heavy atom. The molecule has 1 aromatic rings. The monoisotopic (exact) mass is 189 g/mol. The Morgan fingerprint density at radius 1 is 1.50 bits per heavy atom. The summed E-state index contributed by atoms with van der Waals surface area (Å²) in [4.78, 5) is 0.0753. The van der Waals surface area contributed by atoms with Crippen molar-refractivity contribution in [3.8, 4) is 0 Å². The van der Waals surface area contributed by atoms with Gasteiger partial charge in [0.2, 0.25) is 11.0 Å². The zero-order valence-electron chi connectivity index (χ0n) is 6.14. The minimum atomic E-state index is 0. The third kappa shape index (κ3) is 2.37. The molecule has 0 atom stereocenters. The molecule has 5 nitrogen and oxygen atoms in total. The molecule has 0 aromatic heterocycles. The van der Waals surface area contributed by atoms with Crippen LogP contribution in [0.4, 0.5) is 5.69 Å². The van der Waals surface area contributed by atoms with Crippen LogP contribution >= 0.6 is 11.6 Å². The van der Waals surface area contributed by atoms with Crippen molar-refractivity contribution in [2.45, 2.75) is 0 Å². The minimum absolute atomic E-state index is 0. The third-order valence-corrected chi connectivity index (χ3v) is 1.35. The van der Waals surface area contributed by atoms with Gasteiger partial charge in [0, 0.05) is 17.2 Å². The van der Waals surface area contributed by atoms with Crippen molar-refractivity contribution >= 4 is 17.3 Å². The molecule has 0 radical (unpaired) electrons. The van der Waals surface area contributed by atoms with E-state index in [1.54, 1.807) is 12.1 Å². The molecule has 4 N–H and O–H groups in total. The minimum Gasteiger partial charge on any atom is -0.592 e. The Kier molecular flexibility index (Phi) is 4.03. The molecule has 12 heavy (non-hydrogen) atoms. The molecule has 0 saturated heterocycles. The second-order valence-corrected chi connectivity index (χ2v) is 2.28. The van der Waals surface area contributed by atoms with E-state index in [0.717, 1.165) is 0 Å². The largest absolute Gasteiger partial charge is 0.592 e. The highest BCUT2D eigenvalue weighted by atomic mass is 35.5. The van der Waals surface area contributed by atoms with Gasteiger partial charge < -0.3 is 16.6 Å². The van der Waals surface area contributed by atoms with Gasteiger partial charge in [-0.25, -0.2) is 0 Å². The molecule has 66 valence electrons. The van der Waals surface area contributed by atoms with E-state index in [1.807, 2.05) is 0 Å². The van der Waals surface area contributed by atoms with Crippen molar-refractivity contribution in [1.29, 1.82) is 0 Å². The van der Waals surface area contributed by atoms with E-state index in [9.17, 15) is 5.21 Å². The highest BCUT2D eigenvalue weighted by Gasteiger charge is 2.02. The summed E-state index contributed by atoms with van der Waals surface area (Å²) in [5.74, 6) is 0. The molecule has 0 aliphatic heterocycles. The Labute approximate surface area is 74.0 Å². The van der Waals surface area contributed by atoms with E-state index in [1.165, 1.54) is 12.1 Å². The molecule has 6 heteroatoms. The molecule has 0 fully saturated rings. The van der Waals surface area contributed by atoms with E-state index in [4.69, 9.17) is 16.8 Å². The van der Waals surface area contributed by atoms with E-state index < -0.39 is 0 Å². The Bertz CT molecular complexity index is 290. The van der Waals surface area contributed by atoms with Gasteiger partial charge in [0.1, 0.15) is 0 Å². The highest BCUT2D eigenvalue weighted by Crippen LogP contribution is 2.16. The number of rotatable bonds is 1. The lowest BCUT2D eigenvalue weighted by Gasteiger charge is -1.95. The predicted octanol–water partition coefficient (Wildman–Crippen LogP) is 2.49. The summed E-state index contributed by atoms with van der Waals surface area (Å²) in [6.07, 6.45) is 0. The maximum atomic E-state index is 10.6. The summed E-state index contributed by atoms with van der Waals surface area (Å²) in [5.41, 5.74) is 0.194. The summed E-state index contributed by atoms with van der Waals surface area (Å²) in [6.45, 7) is 0. The van der Waals surface area contributed by atoms with Gasteiger partial charge in [-0.15, -0.1) is 0 Å². The van der Waals surface area contributed by atoms with Gasteiger partial charge >= 0.3 is 0 Å². The van der Waals surface area contributed by atoms with Crippen LogP contribution < -0.4 is 6.15 Å². The van der Waals surface area contributed by atoms with Gasteiger partial charge in [0.25, 0.3) is 0 Å². The number of benzene rings is 1. The quantitative estimate of drug-likeness (QED) is 0.404. The zero-order chi connectivity index (χ0) is 8.27. The van der Waals surface area contributed by atoms with Crippen LogP contribution in [0.1, 0.15) is 0 Å². The van der Waals surface area contributed by atoms with Crippen molar-refractivity contribution in [2.75, 3.05) is 0 Å². The summed E-state index contributed by atoms with van der Waals surface area (Å²) in [5, 5.41) is 21.5. The van der Waals surface area contributed by atoms with Gasteiger partial charge in [-0.1, -0.05) is 17.7 Å². The van der Waals surface area contributed by atoms with E-state index in [0.29, 0.717) is 5.02 Å². The molecule has 1 aromatic carbocycles. The molecule has 0 aliphatic carbocycles. The second-order valence-electron chi connectivity index (χ2n) is 1.84. The third-order valence-electron chi connectivity index (χ3n) is 1.11. The van der Waals surface area contributed by atoms with Crippen LogP contribution in [0.25, 0.3) is 0 Å². The van der Waals surface area contributed by atoms with Gasteiger partial charge in [0.05, 0.1) is 0 Å². The van der Waals surface area contributed by atoms with Gasteiger partial charge in [0.15, 0.2) is 0 Å². The lowest BCUT2D eigenvalue weighted by Crippen LogP contribution is -1.89. The smallest absolute Gasteiger partial charge is 0.249 e. The summed E-state index contributed by atoms with van der Waals surface area (Å²) in [6, 6.07) is 6.09. The zero-order valence-corrected chi connectivity index (χ0v) is 6.90. The van der Waals surface area contributed by atoms with Crippen LogP contribution in [-0.4, -0.2) is 10.1 Å². The first kappa shape index (κ1) is 10.7. The van der Waals surface area contributed by atoms with Crippen LogP contribution in [0.5, 0.6) is 0 Å². The standard InChI is InChI=1S/C6H5ClN2O2.H3N/c7-5-2-1-3-6(4-5)9(11)8-10;/h1-4,10H;1H3. The first-order valence-corrected chi connectivity index (χ1v) is 3.19. The van der Waals surface area contributed by atoms with E-state index >= 15 is 0 Å². The molecule has 0 aliphatic rings. The molecule has 1 rings (SSSR count). The number of hydrogen-bond acceptors (Lipinski definition) is 3. The summed E-state index contributed by atoms with van der Waals surface area (Å²) < 4.78 is 0. The average molecular weight is 190 g/mol. The molecule has 0 spiro atoms. The average Bonchev–Trinajstić information content (AvgIpc) is 2.03. The normalized spacial score (nSPS) is 10.6. The molecule has 0 bridgehead atoms. The van der Waals surface area contributed by atoms with Crippen LogP contribution in [0.2, 0.25) is 5.02 Å². The first-order chi connectivity index (χ1) is 5.24. The SMILES string of the molecule is N.[O-][N+](=NO)c1cccc(Cl)c1. The molecular formula is C6H8ClN3O2. The lowest BCUT2D eigenvalue weighted by molar-refractivity contribution is -0.473. The molecule has 0 saturated carbocycles. The van der Waals surface area contributed by atoms with Gasteiger partial charge in [-0.3, -0.25) is 0 Å². The fourth-order valence-electron chi connectivity index (χ4n) is 0.647. The highest BCUT2D eigenvalue weighted by molar-refractivity contribution is 6.30. The molecule has 0 heterocycles. The fraction of sp³-hybridized carbons (Fsp3) is 0. The number of nitrogens with zero attached hydrogens (tertiary/aromatic N) is 2. The van der Waals surface area contributed by atoms with Crippen molar-refractivity contribution in [2.24, 2.45) is 5.28 Å². The maximum Gasteiger partial charge on any atom is 0.249 e. The topological polar surface area (TPSA) is 93.7 Å². The van der Waals surface area contributed by atoms with Crippen molar-refractivity contribution in [1.82, 2.24) is 6.15 Å². The van der Waals surface area contributed by atoms with Crippen molar-refractivity contribution < 1.29 is 10.1 Å². The van der Waals surface area contributed by atoms with Gasteiger partial charge in [-0.05, 0) is 10.9 Å². The fourth-order valence-corrected chi connectivity index (χ4v) is 0.831. The molecule has 0 amide bonds. The van der Waals surface area contributed by atoms with Gasteiger partial charge in [-0.2, -0.15) is 0 Å². The van der Waals surface area contributed by atoms with Crippen LogP contribution in [0.3, 0.4) is 0 Å². The van der Waals surface area contributed by atoms with Crippen molar-refractivity contribution in [3.05, 3.63) is 34.5 Å². The first-order valence-electron chi connectivity index (χ1n) is 2.82. The lowest BCUT2D eigenvalue weighted by atomic mass is 10.3. The summed E-state index contributed by atoms with van der Waals surface area (Å²) in [7, 11) is 0. The number of hydrogen-bond donors (Lipinski definition) is 2. The summed E-state index contributed by atoms with van der Waals surface area (Å²) >= 11 is 5.56. The molecule has 0 unspecified atom stereocenters. The van der Waals surface area contributed by atoms with E-state index in [-0.39, 0.29) is 16.7 Å². The Hall–Kier alpha value is -1.33. The van der Waals surface area contributed by atoms with Crippen LogP contribution in [0, 0.1) is 5.21 Å². The van der Waals surface area contributed by atoms with Crippen LogP contribution in [0.15, 0.2) is 29.5 Å². The van der Waals surface area contributed by atoms with Crippen molar-refractivity contribution in [3.63, 3.8) is 0 Å². The predicted molar refractivity (Wildman–Crippen MR) is 44.0 cm³/mol. The van der Waals surface area contributed by atoms with Crippen LogP contribution in [-0.2, 0) is 0 Å². The Morgan fingerprint density at radius 2 is 2.17 bits per heavy atom. The number of halogens is 1. The molecular weight excluding hydrogens is 182 g/mol. The maximum absolute atomic E-state index is 10.6.